The predicted octanol–water partition coefficient (Wildman–Crippen LogP) is 1.03. The summed E-state index contributed by atoms with van der Waals surface area (Å²) >= 11 is 0. The maximum absolute atomic E-state index is 13.6. The Balaban J connectivity index is 2.65. The highest BCUT2D eigenvalue weighted by Gasteiger charge is 2.11. The van der Waals surface area contributed by atoms with Crippen LogP contribution in [0.5, 0.6) is 0 Å². The van der Waals surface area contributed by atoms with E-state index in [2.05, 4.69) is 9.97 Å². The van der Waals surface area contributed by atoms with Gasteiger partial charge in [0.1, 0.15) is 11.5 Å². The van der Waals surface area contributed by atoms with Crippen LogP contribution in [-0.2, 0) is 6.54 Å². The first-order chi connectivity index (χ1) is 7.72. The zero-order valence-electron chi connectivity index (χ0n) is 8.40. The number of aromatic nitrogens is 2. The van der Waals surface area contributed by atoms with E-state index in [1.165, 1.54) is 0 Å². The van der Waals surface area contributed by atoms with E-state index < -0.39 is 11.4 Å². The van der Waals surface area contributed by atoms with Crippen molar-refractivity contribution in [3.63, 3.8) is 0 Å². The Morgan fingerprint density at radius 1 is 1.31 bits per heavy atom. The van der Waals surface area contributed by atoms with Gasteiger partial charge in [0.2, 0.25) is 5.82 Å². The molecule has 0 saturated carbocycles. The average molecular weight is 219 g/mol. The number of H-pyrrole nitrogens is 1. The molecule has 2 rings (SSSR count). The fraction of sp³-hybridized carbons (Fsp3) is 0.0909. The van der Waals surface area contributed by atoms with Gasteiger partial charge in [-0.25, -0.2) is 4.98 Å². The molecule has 0 radical (unpaired) electrons. The Morgan fingerprint density at radius 3 is 2.62 bits per heavy atom. The molecule has 2 aromatic rings. The Kier molecular flexibility index (Phi) is 2.78. The van der Waals surface area contributed by atoms with Crippen LogP contribution in [0.4, 0.5) is 4.39 Å². The fourth-order valence-corrected chi connectivity index (χ4v) is 1.39. The molecule has 0 amide bonds. The fourth-order valence-electron chi connectivity index (χ4n) is 1.39. The number of rotatable bonds is 2. The molecule has 0 aliphatic rings. The third kappa shape index (κ3) is 1.85. The Hall–Kier alpha value is -2.01. The van der Waals surface area contributed by atoms with Gasteiger partial charge in [-0.1, -0.05) is 30.3 Å². The number of benzene rings is 1. The average Bonchev–Trinajstić information content (AvgIpc) is 2.33. The number of nitrogens with two attached hydrogens (primary N) is 1. The molecule has 82 valence electrons. The van der Waals surface area contributed by atoms with Crippen molar-refractivity contribution in [3.8, 4) is 11.3 Å². The van der Waals surface area contributed by atoms with Crippen molar-refractivity contribution in [2.45, 2.75) is 6.54 Å². The van der Waals surface area contributed by atoms with Crippen molar-refractivity contribution >= 4 is 0 Å². The summed E-state index contributed by atoms with van der Waals surface area (Å²) in [6, 6.07) is 8.67. The van der Waals surface area contributed by atoms with Gasteiger partial charge in [0.25, 0.3) is 5.56 Å². The Bertz CT molecular complexity index is 551. The first-order valence-corrected chi connectivity index (χ1v) is 4.76. The topological polar surface area (TPSA) is 71.8 Å². The highest BCUT2D eigenvalue weighted by molar-refractivity contribution is 5.58. The monoisotopic (exact) mass is 219 g/mol. The lowest BCUT2D eigenvalue weighted by Gasteiger charge is -2.03. The first-order valence-electron chi connectivity index (χ1n) is 4.76. The summed E-state index contributed by atoms with van der Waals surface area (Å²) in [5.41, 5.74) is 5.15. The molecule has 0 spiro atoms. The molecule has 0 bridgehead atoms. The Morgan fingerprint density at radius 2 is 2.00 bits per heavy atom. The van der Waals surface area contributed by atoms with E-state index in [9.17, 15) is 9.18 Å². The lowest BCUT2D eigenvalue weighted by atomic mass is 10.1. The largest absolute Gasteiger partial charge is 0.324 e. The Labute approximate surface area is 91.0 Å². The number of halogens is 1. The maximum atomic E-state index is 13.6. The molecule has 0 unspecified atom stereocenters. The van der Waals surface area contributed by atoms with Gasteiger partial charge in [0.15, 0.2) is 0 Å². The lowest BCUT2D eigenvalue weighted by molar-refractivity contribution is 0.599. The van der Waals surface area contributed by atoms with Crippen LogP contribution in [0.1, 0.15) is 5.82 Å². The van der Waals surface area contributed by atoms with Gasteiger partial charge in [0, 0.05) is 5.56 Å². The van der Waals surface area contributed by atoms with E-state index in [0.29, 0.717) is 5.56 Å². The molecule has 0 aliphatic carbocycles. The molecule has 0 saturated heterocycles. The van der Waals surface area contributed by atoms with Gasteiger partial charge in [-0.05, 0) is 0 Å². The minimum atomic E-state index is -0.886. The van der Waals surface area contributed by atoms with Gasteiger partial charge in [-0.3, -0.25) is 4.79 Å². The predicted molar refractivity (Wildman–Crippen MR) is 58.1 cm³/mol. The second-order valence-corrected chi connectivity index (χ2v) is 3.25. The van der Waals surface area contributed by atoms with Crippen LogP contribution < -0.4 is 11.3 Å². The van der Waals surface area contributed by atoms with Crippen molar-refractivity contribution in [2.24, 2.45) is 5.73 Å². The van der Waals surface area contributed by atoms with Gasteiger partial charge in [-0.15, -0.1) is 0 Å². The van der Waals surface area contributed by atoms with Crippen molar-refractivity contribution < 1.29 is 4.39 Å². The number of hydrogen-bond donors (Lipinski definition) is 2. The van der Waals surface area contributed by atoms with Crippen LogP contribution in [0.2, 0.25) is 0 Å². The van der Waals surface area contributed by atoms with E-state index >= 15 is 0 Å². The van der Waals surface area contributed by atoms with Crippen LogP contribution in [0.3, 0.4) is 0 Å². The van der Waals surface area contributed by atoms with Crippen molar-refractivity contribution in [3.05, 3.63) is 52.3 Å². The number of aromatic amines is 1. The molecular weight excluding hydrogens is 209 g/mol. The zero-order valence-corrected chi connectivity index (χ0v) is 8.40. The zero-order chi connectivity index (χ0) is 11.5. The minimum Gasteiger partial charge on any atom is -0.324 e. The van der Waals surface area contributed by atoms with Gasteiger partial charge < -0.3 is 10.7 Å². The van der Waals surface area contributed by atoms with Crippen molar-refractivity contribution in [1.82, 2.24) is 9.97 Å². The molecule has 16 heavy (non-hydrogen) atoms. The highest BCUT2D eigenvalue weighted by atomic mass is 19.1. The van der Waals surface area contributed by atoms with Gasteiger partial charge in [-0.2, -0.15) is 4.39 Å². The van der Waals surface area contributed by atoms with Gasteiger partial charge in [0.05, 0.1) is 6.54 Å². The third-order valence-electron chi connectivity index (χ3n) is 2.15. The molecule has 0 atom stereocenters. The van der Waals surface area contributed by atoms with Crippen molar-refractivity contribution in [1.29, 1.82) is 0 Å². The van der Waals surface area contributed by atoms with E-state index in [1.807, 2.05) is 0 Å². The summed E-state index contributed by atoms with van der Waals surface area (Å²) in [5, 5.41) is 0. The SMILES string of the molecule is NCc1nc(-c2ccccc2)c(F)c(=O)[nH]1. The lowest BCUT2D eigenvalue weighted by Crippen LogP contribution is -2.18. The normalized spacial score (nSPS) is 10.4. The van der Waals surface area contributed by atoms with E-state index in [0.717, 1.165) is 0 Å². The van der Waals surface area contributed by atoms with Crippen LogP contribution in [-0.4, -0.2) is 9.97 Å². The summed E-state index contributed by atoms with van der Waals surface area (Å²) in [5.74, 6) is -0.617. The minimum absolute atomic E-state index is 0.0322. The second-order valence-electron chi connectivity index (χ2n) is 3.25. The number of nitrogens with one attached hydrogen (secondary N) is 1. The van der Waals surface area contributed by atoms with E-state index in [1.54, 1.807) is 30.3 Å². The molecule has 3 N–H and O–H groups in total. The maximum Gasteiger partial charge on any atom is 0.287 e. The van der Waals surface area contributed by atoms with Crippen LogP contribution in [0.25, 0.3) is 11.3 Å². The molecular formula is C11H10FN3O. The molecule has 1 aromatic heterocycles. The van der Waals surface area contributed by atoms with Gasteiger partial charge >= 0.3 is 0 Å². The molecule has 1 heterocycles. The smallest absolute Gasteiger partial charge is 0.287 e. The third-order valence-corrected chi connectivity index (χ3v) is 2.15. The molecule has 5 heteroatoms. The van der Waals surface area contributed by atoms with E-state index in [4.69, 9.17) is 5.73 Å². The van der Waals surface area contributed by atoms with Crippen molar-refractivity contribution in [2.75, 3.05) is 0 Å². The quantitative estimate of drug-likeness (QED) is 0.792. The standard InChI is InChI=1S/C11H10FN3O/c12-9-10(7-4-2-1-3-5-7)14-8(6-13)15-11(9)16/h1-5H,6,13H2,(H,14,15,16). The van der Waals surface area contributed by atoms with Crippen LogP contribution in [0.15, 0.2) is 35.1 Å². The summed E-state index contributed by atoms with van der Waals surface area (Å²) in [4.78, 5) is 17.5. The highest BCUT2D eigenvalue weighted by Crippen LogP contribution is 2.17. The van der Waals surface area contributed by atoms with E-state index in [-0.39, 0.29) is 18.1 Å². The summed E-state index contributed by atoms with van der Waals surface area (Å²) in [6.07, 6.45) is 0. The first kappa shape index (κ1) is 10.5. The molecule has 4 nitrogen and oxygen atoms in total. The number of hydrogen-bond acceptors (Lipinski definition) is 3. The summed E-state index contributed by atoms with van der Waals surface area (Å²) < 4.78 is 13.6. The molecule has 0 aliphatic heterocycles. The molecule has 1 aromatic carbocycles. The molecule has 0 fully saturated rings. The summed E-state index contributed by atoms with van der Waals surface area (Å²) in [6.45, 7) is 0.0648. The van der Waals surface area contributed by atoms with Crippen LogP contribution in [0, 0.1) is 5.82 Å². The van der Waals surface area contributed by atoms with Crippen LogP contribution >= 0.6 is 0 Å². The number of nitrogens with zero attached hydrogens (tertiary/aromatic N) is 1. The second kappa shape index (κ2) is 4.24. The summed E-state index contributed by atoms with van der Waals surface area (Å²) in [7, 11) is 0.